The van der Waals surface area contributed by atoms with Crippen LogP contribution >= 0.6 is 0 Å². The van der Waals surface area contributed by atoms with Gasteiger partial charge in [0.05, 0.1) is 11.9 Å². The Kier molecular flexibility index (Phi) is 5.46. The Balaban J connectivity index is 1.43. The van der Waals surface area contributed by atoms with Crippen LogP contribution in [-0.2, 0) is 13.0 Å². The lowest BCUT2D eigenvalue weighted by Gasteiger charge is -2.09. The van der Waals surface area contributed by atoms with Crippen molar-refractivity contribution in [3.63, 3.8) is 0 Å². The van der Waals surface area contributed by atoms with Crippen LogP contribution in [0.15, 0.2) is 67.0 Å². The van der Waals surface area contributed by atoms with Gasteiger partial charge < -0.3 is 10.6 Å². The maximum Gasteiger partial charge on any atom is 0.315 e. The summed E-state index contributed by atoms with van der Waals surface area (Å²) in [6.07, 6.45) is 4.56. The highest BCUT2D eigenvalue weighted by atomic mass is 16.2. The third-order valence-electron chi connectivity index (χ3n) is 4.06. The Morgan fingerprint density at radius 1 is 1.04 bits per heavy atom. The number of carbonyl (C=O) groups is 1. The average molecular weight is 334 g/mol. The minimum Gasteiger partial charge on any atom is -0.338 e. The lowest BCUT2D eigenvalue weighted by Crippen LogP contribution is -2.36. The molecule has 25 heavy (non-hydrogen) atoms. The van der Waals surface area contributed by atoms with Crippen molar-refractivity contribution in [3.05, 3.63) is 83.7 Å². The third-order valence-corrected chi connectivity index (χ3v) is 4.06. The van der Waals surface area contributed by atoms with Gasteiger partial charge in [0.1, 0.15) is 0 Å². The zero-order chi connectivity index (χ0) is 17.5. The molecule has 2 amide bonds. The lowest BCUT2D eigenvalue weighted by molar-refractivity contribution is 0.240. The summed E-state index contributed by atoms with van der Waals surface area (Å²) in [5.41, 5.74) is 4.42. The fraction of sp³-hybridized carbons (Fsp3) is 0.200. The van der Waals surface area contributed by atoms with E-state index in [-0.39, 0.29) is 6.03 Å². The Hall–Kier alpha value is -3.08. The first kappa shape index (κ1) is 16.8. The standard InChI is InChI=1S/C20H22N4O/c1-16-7-5-6-8-18(16)14-22-20(25)21-12-11-17-13-23-24(15-17)19-9-3-2-4-10-19/h2-10,13,15H,11-12,14H2,1H3,(H2,21,22,25). The Morgan fingerprint density at radius 3 is 2.60 bits per heavy atom. The lowest BCUT2D eigenvalue weighted by atomic mass is 10.1. The van der Waals surface area contributed by atoms with Gasteiger partial charge in [-0.05, 0) is 42.2 Å². The van der Waals surface area contributed by atoms with Crippen molar-refractivity contribution in [3.8, 4) is 5.69 Å². The molecule has 0 spiro atoms. The number of nitrogens with one attached hydrogen (secondary N) is 2. The summed E-state index contributed by atoms with van der Waals surface area (Å²) in [7, 11) is 0. The van der Waals surface area contributed by atoms with Gasteiger partial charge in [-0.15, -0.1) is 0 Å². The van der Waals surface area contributed by atoms with Gasteiger partial charge >= 0.3 is 6.03 Å². The predicted octanol–water partition coefficient (Wildman–Crippen LogP) is 3.22. The van der Waals surface area contributed by atoms with Crippen molar-refractivity contribution in [1.29, 1.82) is 0 Å². The first-order valence-corrected chi connectivity index (χ1v) is 8.37. The summed E-state index contributed by atoms with van der Waals surface area (Å²) in [6, 6.07) is 17.8. The van der Waals surface area contributed by atoms with Gasteiger partial charge in [-0.25, -0.2) is 9.48 Å². The van der Waals surface area contributed by atoms with E-state index in [0.717, 1.165) is 23.2 Å². The van der Waals surface area contributed by atoms with Crippen LogP contribution < -0.4 is 10.6 Å². The summed E-state index contributed by atoms with van der Waals surface area (Å²) in [5.74, 6) is 0. The van der Waals surface area contributed by atoms with Crippen molar-refractivity contribution >= 4 is 6.03 Å². The van der Waals surface area contributed by atoms with Crippen LogP contribution in [0.1, 0.15) is 16.7 Å². The van der Waals surface area contributed by atoms with Crippen molar-refractivity contribution in [2.24, 2.45) is 0 Å². The predicted molar refractivity (Wildman–Crippen MR) is 98.7 cm³/mol. The van der Waals surface area contributed by atoms with E-state index in [1.807, 2.05) is 78.6 Å². The molecule has 3 rings (SSSR count). The molecule has 0 unspecified atom stereocenters. The van der Waals surface area contributed by atoms with E-state index in [1.54, 1.807) is 0 Å². The van der Waals surface area contributed by atoms with Gasteiger partial charge in [-0.1, -0.05) is 42.5 Å². The molecule has 5 heteroatoms. The van der Waals surface area contributed by atoms with E-state index < -0.39 is 0 Å². The highest BCUT2D eigenvalue weighted by molar-refractivity contribution is 5.73. The van der Waals surface area contributed by atoms with Crippen LogP contribution in [-0.4, -0.2) is 22.4 Å². The van der Waals surface area contributed by atoms with E-state index in [4.69, 9.17) is 0 Å². The third kappa shape index (κ3) is 4.70. The molecule has 0 atom stereocenters. The minimum absolute atomic E-state index is 0.154. The largest absolute Gasteiger partial charge is 0.338 e. The zero-order valence-corrected chi connectivity index (χ0v) is 14.3. The zero-order valence-electron chi connectivity index (χ0n) is 14.3. The molecule has 2 aromatic carbocycles. The van der Waals surface area contributed by atoms with Gasteiger partial charge in [0, 0.05) is 19.3 Å². The number of carbonyl (C=O) groups excluding carboxylic acids is 1. The second-order valence-corrected chi connectivity index (χ2v) is 5.91. The topological polar surface area (TPSA) is 59.0 Å². The molecule has 128 valence electrons. The number of aromatic nitrogens is 2. The van der Waals surface area contributed by atoms with Crippen LogP contribution in [0.4, 0.5) is 4.79 Å². The second kappa shape index (κ2) is 8.15. The summed E-state index contributed by atoms with van der Waals surface area (Å²) >= 11 is 0. The molecule has 0 fully saturated rings. The fourth-order valence-corrected chi connectivity index (χ4v) is 2.58. The van der Waals surface area contributed by atoms with Gasteiger partial charge in [0.2, 0.25) is 0 Å². The molecular formula is C20H22N4O. The van der Waals surface area contributed by atoms with E-state index >= 15 is 0 Å². The molecule has 0 saturated heterocycles. The van der Waals surface area contributed by atoms with Gasteiger partial charge in [0.15, 0.2) is 0 Å². The van der Waals surface area contributed by atoms with Gasteiger partial charge in [-0.2, -0.15) is 5.10 Å². The average Bonchev–Trinajstić information content (AvgIpc) is 3.11. The fourth-order valence-electron chi connectivity index (χ4n) is 2.58. The SMILES string of the molecule is Cc1ccccc1CNC(=O)NCCc1cnn(-c2ccccc2)c1. The van der Waals surface area contributed by atoms with E-state index in [9.17, 15) is 4.79 Å². The van der Waals surface area contributed by atoms with E-state index in [2.05, 4.69) is 15.7 Å². The monoisotopic (exact) mass is 334 g/mol. The molecule has 0 aliphatic rings. The maximum absolute atomic E-state index is 11.9. The highest BCUT2D eigenvalue weighted by Gasteiger charge is 2.04. The first-order chi connectivity index (χ1) is 12.2. The van der Waals surface area contributed by atoms with Crippen LogP contribution in [0.5, 0.6) is 0 Å². The Bertz CT molecular complexity index is 826. The summed E-state index contributed by atoms with van der Waals surface area (Å²) in [6.45, 7) is 3.14. The van der Waals surface area contributed by atoms with Crippen LogP contribution in [0.3, 0.4) is 0 Å². The number of urea groups is 1. The molecule has 0 aliphatic heterocycles. The van der Waals surface area contributed by atoms with Crippen molar-refractivity contribution in [1.82, 2.24) is 20.4 Å². The van der Waals surface area contributed by atoms with E-state index in [1.165, 1.54) is 5.56 Å². The molecule has 0 saturated carbocycles. The Morgan fingerprint density at radius 2 is 1.80 bits per heavy atom. The summed E-state index contributed by atoms with van der Waals surface area (Å²) < 4.78 is 1.84. The smallest absolute Gasteiger partial charge is 0.315 e. The molecule has 0 bridgehead atoms. The molecule has 1 heterocycles. The maximum atomic E-state index is 11.9. The molecule has 2 N–H and O–H groups in total. The number of nitrogens with zero attached hydrogens (tertiary/aromatic N) is 2. The molecule has 3 aromatic rings. The second-order valence-electron chi connectivity index (χ2n) is 5.91. The van der Waals surface area contributed by atoms with E-state index in [0.29, 0.717) is 13.1 Å². The number of amides is 2. The first-order valence-electron chi connectivity index (χ1n) is 8.37. The summed E-state index contributed by atoms with van der Waals surface area (Å²) in [4.78, 5) is 11.9. The Labute approximate surface area is 147 Å². The molecule has 0 aliphatic carbocycles. The van der Waals surface area contributed by atoms with Crippen LogP contribution in [0.2, 0.25) is 0 Å². The molecule has 1 aromatic heterocycles. The van der Waals surface area contributed by atoms with Crippen molar-refractivity contribution < 1.29 is 4.79 Å². The van der Waals surface area contributed by atoms with Crippen molar-refractivity contribution in [2.45, 2.75) is 19.9 Å². The minimum atomic E-state index is -0.154. The quantitative estimate of drug-likeness (QED) is 0.727. The molecule has 5 nitrogen and oxygen atoms in total. The number of aryl methyl sites for hydroxylation is 1. The number of hydrogen-bond acceptors (Lipinski definition) is 2. The summed E-state index contributed by atoms with van der Waals surface area (Å²) in [5, 5.41) is 10.1. The molecule has 0 radical (unpaired) electrons. The highest BCUT2D eigenvalue weighted by Crippen LogP contribution is 2.08. The normalized spacial score (nSPS) is 10.4. The molecular weight excluding hydrogens is 312 g/mol. The van der Waals surface area contributed by atoms with Gasteiger partial charge in [-0.3, -0.25) is 0 Å². The van der Waals surface area contributed by atoms with Crippen LogP contribution in [0.25, 0.3) is 5.69 Å². The number of benzene rings is 2. The number of para-hydroxylation sites is 1. The van der Waals surface area contributed by atoms with Crippen molar-refractivity contribution in [2.75, 3.05) is 6.54 Å². The number of rotatable bonds is 6. The number of hydrogen-bond donors (Lipinski definition) is 2. The van der Waals surface area contributed by atoms with Crippen LogP contribution in [0, 0.1) is 6.92 Å². The van der Waals surface area contributed by atoms with Gasteiger partial charge in [0.25, 0.3) is 0 Å².